The molecule has 0 amide bonds. The molecule has 4 heteroatoms. The lowest BCUT2D eigenvalue weighted by molar-refractivity contribution is 0.168. The predicted octanol–water partition coefficient (Wildman–Crippen LogP) is 0.708. The highest BCUT2D eigenvalue weighted by molar-refractivity contribution is 6.65. The Bertz CT molecular complexity index is 319. The lowest BCUT2D eigenvalue weighted by Crippen LogP contribution is -2.44. The molecule has 1 aromatic heterocycles. The molecular formula is C11H15BN2O. The van der Waals surface area contributed by atoms with Gasteiger partial charge in [0.25, 0.3) is 0 Å². The Kier molecular flexibility index (Phi) is 2.47. The van der Waals surface area contributed by atoms with Gasteiger partial charge in [-0.3, -0.25) is 4.98 Å². The summed E-state index contributed by atoms with van der Waals surface area (Å²) in [5.41, 5.74) is 1.15. The SMILES string of the molecule is c1cncc(B2NC3CCCC[C@H]3O2)c1. The minimum absolute atomic E-state index is 0.0619. The molecule has 1 aliphatic heterocycles. The minimum Gasteiger partial charge on any atom is -0.413 e. The van der Waals surface area contributed by atoms with E-state index in [0.29, 0.717) is 12.1 Å². The third kappa shape index (κ3) is 1.79. The van der Waals surface area contributed by atoms with Crippen molar-refractivity contribution in [1.29, 1.82) is 0 Å². The van der Waals surface area contributed by atoms with E-state index < -0.39 is 0 Å². The second kappa shape index (κ2) is 3.95. The molecule has 1 aromatic rings. The summed E-state index contributed by atoms with van der Waals surface area (Å²) in [7, 11) is 0.0619. The van der Waals surface area contributed by atoms with E-state index in [1.165, 1.54) is 25.7 Å². The number of pyridine rings is 1. The molecule has 15 heavy (non-hydrogen) atoms. The fourth-order valence-electron chi connectivity index (χ4n) is 2.56. The summed E-state index contributed by atoms with van der Waals surface area (Å²) in [4.78, 5) is 4.13. The standard InChI is InChI=1S/C11H15BN2O/c1-2-6-11-10(5-1)14-12(15-11)9-4-3-7-13-8-9/h3-4,7-8,10-11,14H,1-2,5-6H2/t10?,11-/m1/s1. The van der Waals surface area contributed by atoms with E-state index >= 15 is 0 Å². The van der Waals surface area contributed by atoms with Crippen molar-refractivity contribution in [2.24, 2.45) is 0 Å². The number of fused-ring (bicyclic) bond motifs is 1. The number of hydrogen-bond donors (Lipinski definition) is 1. The second-order valence-corrected chi connectivity index (χ2v) is 4.40. The number of hydrogen-bond acceptors (Lipinski definition) is 3. The van der Waals surface area contributed by atoms with Gasteiger partial charge in [-0.1, -0.05) is 18.9 Å². The van der Waals surface area contributed by atoms with Gasteiger partial charge < -0.3 is 9.88 Å². The van der Waals surface area contributed by atoms with Gasteiger partial charge in [0.2, 0.25) is 0 Å². The number of nitrogens with zero attached hydrogens (tertiary/aromatic N) is 1. The van der Waals surface area contributed by atoms with Gasteiger partial charge in [0.1, 0.15) is 0 Å². The molecule has 2 atom stereocenters. The van der Waals surface area contributed by atoms with Crippen molar-refractivity contribution < 1.29 is 4.65 Å². The van der Waals surface area contributed by atoms with Crippen molar-refractivity contribution in [2.45, 2.75) is 37.8 Å². The van der Waals surface area contributed by atoms with Crippen LogP contribution in [-0.4, -0.2) is 24.2 Å². The average molecular weight is 202 g/mol. The molecule has 1 unspecified atom stereocenters. The van der Waals surface area contributed by atoms with Crippen LogP contribution in [0.5, 0.6) is 0 Å². The molecule has 3 nitrogen and oxygen atoms in total. The van der Waals surface area contributed by atoms with Crippen LogP contribution >= 0.6 is 0 Å². The Morgan fingerprint density at radius 3 is 3.13 bits per heavy atom. The largest absolute Gasteiger partial charge is 0.417 e. The van der Waals surface area contributed by atoms with E-state index in [2.05, 4.69) is 16.3 Å². The molecule has 0 aromatic carbocycles. The fraction of sp³-hybridized carbons (Fsp3) is 0.545. The zero-order valence-corrected chi connectivity index (χ0v) is 8.73. The van der Waals surface area contributed by atoms with E-state index in [0.717, 1.165) is 5.46 Å². The van der Waals surface area contributed by atoms with Crippen LogP contribution < -0.4 is 10.7 Å². The maximum Gasteiger partial charge on any atom is 0.417 e. The Hall–Kier alpha value is -0.865. The zero-order chi connectivity index (χ0) is 10.1. The van der Waals surface area contributed by atoms with E-state index in [-0.39, 0.29) is 7.05 Å². The first-order valence-corrected chi connectivity index (χ1v) is 5.75. The lowest BCUT2D eigenvalue weighted by Gasteiger charge is -2.23. The molecule has 1 N–H and O–H groups in total. The van der Waals surface area contributed by atoms with E-state index in [9.17, 15) is 0 Å². The van der Waals surface area contributed by atoms with Gasteiger partial charge in [0.15, 0.2) is 0 Å². The Morgan fingerprint density at radius 1 is 1.40 bits per heavy atom. The third-order valence-electron chi connectivity index (χ3n) is 3.37. The lowest BCUT2D eigenvalue weighted by atomic mass is 9.75. The van der Waals surface area contributed by atoms with Crippen LogP contribution in [0.4, 0.5) is 0 Å². The molecule has 2 heterocycles. The van der Waals surface area contributed by atoms with Crippen molar-refractivity contribution in [3.63, 3.8) is 0 Å². The normalized spacial score (nSPS) is 30.3. The van der Waals surface area contributed by atoms with Gasteiger partial charge in [-0.15, -0.1) is 0 Å². The summed E-state index contributed by atoms with van der Waals surface area (Å²) in [6.07, 6.45) is 9.19. The summed E-state index contributed by atoms with van der Waals surface area (Å²) < 4.78 is 6.00. The highest BCUT2D eigenvalue weighted by Crippen LogP contribution is 2.25. The summed E-state index contributed by atoms with van der Waals surface area (Å²) in [6.45, 7) is 0. The molecule has 3 rings (SSSR count). The van der Waals surface area contributed by atoms with Crippen LogP contribution in [0.25, 0.3) is 0 Å². The maximum atomic E-state index is 6.00. The quantitative estimate of drug-likeness (QED) is 0.681. The highest BCUT2D eigenvalue weighted by atomic mass is 16.5. The Balaban J connectivity index is 1.75. The van der Waals surface area contributed by atoms with Gasteiger partial charge in [0, 0.05) is 18.4 Å². The Labute approximate surface area is 90.4 Å². The monoisotopic (exact) mass is 202 g/mol. The van der Waals surface area contributed by atoms with Crippen LogP contribution in [0.3, 0.4) is 0 Å². The minimum atomic E-state index is 0.0619. The third-order valence-corrected chi connectivity index (χ3v) is 3.37. The second-order valence-electron chi connectivity index (χ2n) is 4.40. The van der Waals surface area contributed by atoms with Crippen molar-refractivity contribution in [1.82, 2.24) is 10.2 Å². The summed E-state index contributed by atoms with van der Waals surface area (Å²) >= 11 is 0. The highest BCUT2D eigenvalue weighted by Gasteiger charge is 2.39. The van der Waals surface area contributed by atoms with Gasteiger partial charge in [-0.05, 0) is 24.4 Å². The number of aromatic nitrogens is 1. The van der Waals surface area contributed by atoms with E-state index in [1.54, 1.807) is 6.20 Å². The van der Waals surface area contributed by atoms with E-state index in [4.69, 9.17) is 4.65 Å². The van der Waals surface area contributed by atoms with Gasteiger partial charge in [-0.2, -0.15) is 0 Å². The van der Waals surface area contributed by atoms with Gasteiger partial charge in [0.05, 0.1) is 6.10 Å². The maximum absolute atomic E-state index is 6.00. The molecular weight excluding hydrogens is 187 g/mol. The molecule has 0 bridgehead atoms. The first-order valence-electron chi connectivity index (χ1n) is 5.75. The van der Waals surface area contributed by atoms with Crippen LogP contribution in [0, 0.1) is 0 Å². The first kappa shape index (κ1) is 9.37. The predicted molar refractivity (Wildman–Crippen MR) is 59.9 cm³/mol. The Morgan fingerprint density at radius 2 is 2.33 bits per heavy atom. The summed E-state index contributed by atoms with van der Waals surface area (Å²) in [5.74, 6) is 0. The smallest absolute Gasteiger partial charge is 0.413 e. The van der Waals surface area contributed by atoms with Crippen molar-refractivity contribution in [3.05, 3.63) is 24.5 Å². The topological polar surface area (TPSA) is 34.2 Å². The number of nitrogens with one attached hydrogen (secondary N) is 1. The van der Waals surface area contributed by atoms with Crippen LogP contribution in [0.2, 0.25) is 0 Å². The molecule has 0 spiro atoms. The molecule has 1 aliphatic carbocycles. The van der Waals surface area contributed by atoms with Crippen molar-refractivity contribution in [2.75, 3.05) is 0 Å². The fourth-order valence-corrected chi connectivity index (χ4v) is 2.56. The van der Waals surface area contributed by atoms with Crippen LogP contribution in [0.1, 0.15) is 25.7 Å². The molecule has 1 saturated carbocycles. The van der Waals surface area contributed by atoms with Gasteiger partial charge in [-0.25, -0.2) is 0 Å². The summed E-state index contributed by atoms with van der Waals surface area (Å²) in [5, 5.41) is 3.55. The van der Waals surface area contributed by atoms with Crippen LogP contribution in [0.15, 0.2) is 24.5 Å². The molecule has 78 valence electrons. The molecule has 2 fully saturated rings. The first-order chi connectivity index (χ1) is 7.43. The number of rotatable bonds is 1. The average Bonchev–Trinajstić information content (AvgIpc) is 2.74. The summed E-state index contributed by atoms with van der Waals surface area (Å²) in [6, 6.07) is 4.59. The molecule has 2 aliphatic rings. The molecule has 0 radical (unpaired) electrons. The van der Waals surface area contributed by atoms with Crippen molar-refractivity contribution >= 4 is 12.5 Å². The zero-order valence-electron chi connectivity index (χ0n) is 8.73. The van der Waals surface area contributed by atoms with Gasteiger partial charge >= 0.3 is 7.05 Å². The van der Waals surface area contributed by atoms with Crippen LogP contribution in [-0.2, 0) is 4.65 Å². The van der Waals surface area contributed by atoms with Crippen molar-refractivity contribution in [3.8, 4) is 0 Å². The molecule has 1 saturated heterocycles. The van der Waals surface area contributed by atoms with E-state index in [1.807, 2.05) is 12.3 Å².